The number of aromatic nitrogens is 4. The molecule has 0 N–H and O–H groups in total. The average Bonchev–Trinajstić information content (AvgIpc) is 2.97. The van der Waals surface area contributed by atoms with E-state index < -0.39 is 12.0 Å². The van der Waals surface area contributed by atoms with Gasteiger partial charge in [-0.1, -0.05) is 6.92 Å². The normalized spacial score (nSPS) is 16.2. The summed E-state index contributed by atoms with van der Waals surface area (Å²) >= 11 is 0. The van der Waals surface area contributed by atoms with E-state index in [4.69, 9.17) is 0 Å². The standard InChI is InChI=1S/C13H15F3N6O/c1-2-11(23)21-7-5-20(6-8-21)10-4-3-9-17-18-12(13(14,15)16)22(9)19-10/h3-4H,2,5-8H2,1H3. The molecule has 1 aliphatic heterocycles. The molecule has 1 saturated heterocycles. The van der Waals surface area contributed by atoms with Crippen LogP contribution in [0.25, 0.3) is 5.65 Å². The molecule has 1 amide bonds. The first kappa shape index (κ1) is 15.5. The highest BCUT2D eigenvalue weighted by Gasteiger charge is 2.37. The molecular formula is C13H15F3N6O. The molecule has 2 aromatic rings. The van der Waals surface area contributed by atoms with Crippen LogP contribution in [-0.4, -0.2) is 56.8 Å². The summed E-state index contributed by atoms with van der Waals surface area (Å²) in [6.45, 7) is 3.90. The zero-order chi connectivity index (χ0) is 16.6. The lowest BCUT2D eigenvalue weighted by Crippen LogP contribution is -2.49. The van der Waals surface area contributed by atoms with E-state index in [0.717, 1.165) is 0 Å². The number of nitrogens with zero attached hydrogens (tertiary/aromatic N) is 6. The van der Waals surface area contributed by atoms with Crippen LogP contribution in [0, 0.1) is 0 Å². The first-order valence-electron chi connectivity index (χ1n) is 7.22. The Kier molecular flexibility index (Phi) is 3.82. The fraction of sp³-hybridized carbons (Fsp3) is 0.538. The molecule has 0 saturated carbocycles. The molecule has 124 valence electrons. The summed E-state index contributed by atoms with van der Waals surface area (Å²) in [5.74, 6) is -0.660. The Bertz CT molecular complexity index is 720. The summed E-state index contributed by atoms with van der Waals surface area (Å²) in [5.41, 5.74) is 0.0425. The van der Waals surface area contributed by atoms with E-state index in [-0.39, 0.29) is 11.6 Å². The van der Waals surface area contributed by atoms with Gasteiger partial charge in [-0.15, -0.1) is 15.3 Å². The van der Waals surface area contributed by atoms with Gasteiger partial charge in [0.05, 0.1) is 0 Å². The summed E-state index contributed by atoms with van der Waals surface area (Å²) in [4.78, 5) is 15.2. The molecule has 23 heavy (non-hydrogen) atoms. The van der Waals surface area contributed by atoms with Gasteiger partial charge >= 0.3 is 6.18 Å². The molecule has 2 aromatic heterocycles. The second-order valence-electron chi connectivity index (χ2n) is 5.20. The topological polar surface area (TPSA) is 66.6 Å². The van der Waals surface area contributed by atoms with Gasteiger partial charge in [0.2, 0.25) is 5.91 Å². The van der Waals surface area contributed by atoms with Crippen molar-refractivity contribution < 1.29 is 18.0 Å². The Morgan fingerprint density at radius 2 is 1.87 bits per heavy atom. The van der Waals surface area contributed by atoms with Crippen LogP contribution in [0.4, 0.5) is 19.0 Å². The number of carbonyl (C=O) groups excluding carboxylic acids is 1. The maximum Gasteiger partial charge on any atom is 0.453 e. The third kappa shape index (κ3) is 2.92. The molecule has 0 unspecified atom stereocenters. The van der Waals surface area contributed by atoms with Gasteiger partial charge < -0.3 is 9.80 Å². The molecule has 7 nitrogen and oxygen atoms in total. The van der Waals surface area contributed by atoms with Crippen molar-refractivity contribution in [3.63, 3.8) is 0 Å². The molecule has 0 spiro atoms. The summed E-state index contributed by atoms with van der Waals surface area (Å²) < 4.78 is 39.4. The molecular weight excluding hydrogens is 313 g/mol. The van der Waals surface area contributed by atoms with Crippen molar-refractivity contribution in [2.24, 2.45) is 0 Å². The van der Waals surface area contributed by atoms with Gasteiger partial charge in [0.25, 0.3) is 5.82 Å². The molecule has 1 fully saturated rings. The van der Waals surface area contributed by atoms with Gasteiger partial charge in [-0.25, -0.2) is 0 Å². The Morgan fingerprint density at radius 3 is 2.48 bits per heavy atom. The van der Waals surface area contributed by atoms with Crippen molar-refractivity contribution in [3.8, 4) is 0 Å². The number of carbonyl (C=O) groups is 1. The fourth-order valence-corrected chi connectivity index (χ4v) is 2.53. The number of hydrogen-bond donors (Lipinski definition) is 0. The van der Waals surface area contributed by atoms with E-state index in [0.29, 0.717) is 42.9 Å². The van der Waals surface area contributed by atoms with Crippen LogP contribution in [0.3, 0.4) is 0 Å². The van der Waals surface area contributed by atoms with E-state index in [1.807, 2.05) is 4.90 Å². The highest BCUT2D eigenvalue weighted by atomic mass is 19.4. The lowest BCUT2D eigenvalue weighted by atomic mass is 10.3. The Labute approximate surface area is 129 Å². The molecule has 0 atom stereocenters. The molecule has 0 aromatic carbocycles. The number of piperazine rings is 1. The summed E-state index contributed by atoms with van der Waals surface area (Å²) in [6.07, 6.45) is -4.17. The summed E-state index contributed by atoms with van der Waals surface area (Å²) in [6, 6.07) is 3.07. The van der Waals surface area contributed by atoms with Gasteiger partial charge in [0, 0.05) is 32.6 Å². The minimum absolute atomic E-state index is 0.0425. The SMILES string of the molecule is CCC(=O)N1CCN(c2ccc3nnc(C(F)(F)F)n3n2)CC1. The van der Waals surface area contributed by atoms with Crippen LogP contribution in [0.5, 0.6) is 0 Å². The lowest BCUT2D eigenvalue weighted by Gasteiger charge is -2.35. The van der Waals surface area contributed by atoms with Crippen molar-refractivity contribution in [2.45, 2.75) is 19.5 Å². The van der Waals surface area contributed by atoms with Crippen LogP contribution < -0.4 is 4.90 Å². The highest BCUT2D eigenvalue weighted by molar-refractivity contribution is 5.76. The first-order chi connectivity index (χ1) is 10.9. The van der Waals surface area contributed by atoms with E-state index in [9.17, 15) is 18.0 Å². The van der Waals surface area contributed by atoms with Gasteiger partial charge in [-0.3, -0.25) is 4.79 Å². The van der Waals surface area contributed by atoms with Crippen LogP contribution in [0.1, 0.15) is 19.2 Å². The van der Waals surface area contributed by atoms with Crippen molar-refractivity contribution >= 4 is 17.4 Å². The maximum absolute atomic E-state index is 12.9. The van der Waals surface area contributed by atoms with Crippen molar-refractivity contribution in [1.29, 1.82) is 0 Å². The van der Waals surface area contributed by atoms with Crippen molar-refractivity contribution in [1.82, 2.24) is 24.7 Å². The number of alkyl halides is 3. The van der Waals surface area contributed by atoms with Crippen LogP contribution in [0.15, 0.2) is 12.1 Å². The fourth-order valence-electron chi connectivity index (χ4n) is 2.53. The summed E-state index contributed by atoms with van der Waals surface area (Å²) in [5, 5.41) is 10.6. The Morgan fingerprint density at radius 1 is 1.17 bits per heavy atom. The monoisotopic (exact) mass is 328 g/mol. The number of hydrogen-bond acceptors (Lipinski definition) is 5. The predicted octanol–water partition coefficient (Wildman–Crippen LogP) is 1.20. The Hall–Kier alpha value is -2.39. The van der Waals surface area contributed by atoms with E-state index >= 15 is 0 Å². The van der Waals surface area contributed by atoms with Crippen molar-refractivity contribution in [2.75, 3.05) is 31.1 Å². The molecule has 0 radical (unpaired) electrons. The highest BCUT2D eigenvalue weighted by Crippen LogP contribution is 2.28. The first-order valence-corrected chi connectivity index (χ1v) is 7.22. The van der Waals surface area contributed by atoms with Gasteiger partial charge in [-0.2, -0.15) is 17.7 Å². The number of rotatable bonds is 2. The van der Waals surface area contributed by atoms with Gasteiger partial charge in [-0.05, 0) is 12.1 Å². The molecule has 1 aliphatic rings. The Balaban J connectivity index is 1.83. The molecule has 3 rings (SSSR count). The number of anilines is 1. The smallest absolute Gasteiger partial charge is 0.352 e. The maximum atomic E-state index is 12.9. The molecule has 3 heterocycles. The zero-order valence-electron chi connectivity index (χ0n) is 12.4. The average molecular weight is 328 g/mol. The third-order valence-electron chi connectivity index (χ3n) is 3.76. The number of amides is 1. The summed E-state index contributed by atoms with van der Waals surface area (Å²) in [7, 11) is 0. The minimum atomic E-state index is -4.61. The zero-order valence-corrected chi connectivity index (χ0v) is 12.4. The van der Waals surface area contributed by atoms with E-state index in [2.05, 4.69) is 15.3 Å². The van der Waals surface area contributed by atoms with Crippen LogP contribution >= 0.6 is 0 Å². The lowest BCUT2D eigenvalue weighted by molar-refractivity contribution is -0.146. The van der Waals surface area contributed by atoms with Crippen LogP contribution in [0.2, 0.25) is 0 Å². The van der Waals surface area contributed by atoms with Gasteiger partial charge in [0.15, 0.2) is 5.65 Å². The number of fused-ring (bicyclic) bond motifs is 1. The van der Waals surface area contributed by atoms with Gasteiger partial charge in [0.1, 0.15) is 5.82 Å². The second kappa shape index (κ2) is 5.67. The minimum Gasteiger partial charge on any atom is -0.352 e. The van der Waals surface area contributed by atoms with E-state index in [1.165, 1.54) is 6.07 Å². The largest absolute Gasteiger partial charge is 0.453 e. The molecule has 10 heteroatoms. The predicted molar refractivity (Wildman–Crippen MR) is 74.9 cm³/mol. The number of halogens is 3. The third-order valence-corrected chi connectivity index (χ3v) is 3.76. The quantitative estimate of drug-likeness (QED) is 0.829. The van der Waals surface area contributed by atoms with Crippen LogP contribution in [-0.2, 0) is 11.0 Å². The molecule has 0 bridgehead atoms. The second-order valence-corrected chi connectivity index (χ2v) is 5.20. The van der Waals surface area contributed by atoms with Crippen molar-refractivity contribution in [3.05, 3.63) is 18.0 Å². The van der Waals surface area contributed by atoms with E-state index in [1.54, 1.807) is 17.9 Å². The molecule has 0 aliphatic carbocycles.